The number of methoxy groups -OCH3 is 2. The zero-order valence-corrected chi connectivity index (χ0v) is 15.7. The number of ether oxygens (including phenoxy) is 2. The maximum atomic E-state index is 13.4. The highest BCUT2D eigenvalue weighted by molar-refractivity contribution is 7.92. The minimum absolute atomic E-state index is 0.276. The number of hydrogen-bond donors (Lipinski definition) is 1. The minimum atomic E-state index is -5.05. The van der Waals surface area contributed by atoms with Crippen molar-refractivity contribution in [2.45, 2.75) is 11.1 Å². The Morgan fingerprint density at radius 1 is 0.931 bits per heavy atom. The summed E-state index contributed by atoms with van der Waals surface area (Å²) >= 11 is 0. The monoisotopic (exact) mass is 435 g/mol. The second kappa shape index (κ2) is 8.07. The van der Waals surface area contributed by atoms with Crippen LogP contribution in [0.25, 0.3) is 0 Å². The molecule has 12 heteroatoms. The molecular weight excluding hydrogens is 422 g/mol. The first-order chi connectivity index (χ1) is 13.4. The molecular formula is C17H13F4NO6S. The molecule has 0 aliphatic heterocycles. The van der Waals surface area contributed by atoms with Crippen molar-refractivity contribution < 1.29 is 45.0 Å². The van der Waals surface area contributed by atoms with Crippen LogP contribution in [0, 0.1) is 5.82 Å². The first-order valence-corrected chi connectivity index (χ1v) is 9.08. The largest absolute Gasteiger partial charge is 0.465 e. The van der Waals surface area contributed by atoms with Crippen LogP contribution in [0.2, 0.25) is 0 Å². The maximum Gasteiger partial charge on any atom is 0.419 e. The normalized spacial score (nSPS) is 11.7. The van der Waals surface area contributed by atoms with E-state index in [4.69, 9.17) is 0 Å². The van der Waals surface area contributed by atoms with E-state index in [0.29, 0.717) is 6.07 Å². The topological polar surface area (TPSA) is 98.8 Å². The van der Waals surface area contributed by atoms with Crippen LogP contribution >= 0.6 is 0 Å². The van der Waals surface area contributed by atoms with E-state index in [9.17, 15) is 35.6 Å². The van der Waals surface area contributed by atoms with Crippen molar-refractivity contribution in [1.82, 2.24) is 0 Å². The van der Waals surface area contributed by atoms with Gasteiger partial charge < -0.3 is 9.47 Å². The summed E-state index contributed by atoms with van der Waals surface area (Å²) in [7, 11) is -2.52. The van der Waals surface area contributed by atoms with Crippen LogP contribution in [0.3, 0.4) is 0 Å². The van der Waals surface area contributed by atoms with E-state index in [1.54, 1.807) is 0 Å². The third-order valence-corrected chi connectivity index (χ3v) is 4.94. The van der Waals surface area contributed by atoms with Crippen LogP contribution in [-0.2, 0) is 25.7 Å². The SMILES string of the molecule is COC(=O)c1cc(C(=O)OC)cc(S(=O)(=O)Nc2ccc(F)c(C(F)(F)F)c2)c1. The number of sulfonamides is 1. The Kier molecular flexibility index (Phi) is 6.16. The predicted molar refractivity (Wildman–Crippen MR) is 91.3 cm³/mol. The Morgan fingerprint density at radius 3 is 1.90 bits per heavy atom. The average Bonchev–Trinajstić information content (AvgIpc) is 2.66. The first kappa shape index (κ1) is 22.1. The maximum absolute atomic E-state index is 13.4. The van der Waals surface area contributed by atoms with Crippen LogP contribution in [0.5, 0.6) is 0 Å². The number of nitrogens with one attached hydrogen (secondary N) is 1. The molecule has 0 aromatic heterocycles. The molecule has 0 atom stereocenters. The quantitative estimate of drug-likeness (QED) is 0.572. The van der Waals surface area contributed by atoms with Gasteiger partial charge in [0.1, 0.15) is 5.82 Å². The van der Waals surface area contributed by atoms with Crippen molar-refractivity contribution in [1.29, 1.82) is 0 Å². The molecule has 0 heterocycles. The Balaban J connectivity index is 2.53. The van der Waals surface area contributed by atoms with E-state index >= 15 is 0 Å². The van der Waals surface area contributed by atoms with E-state index in [1.165, 1.54) is 0 Å². The first-order valence-electron chi connectivity index (χ1n) is 7.60. The van der Waals surface area contributed by atoms with Crippen LogP contribution < -0.4 is 4.72 Å². The Hall–Kier alpha value is -3.15. The third kappa shape index (κ3) is 5.02. The van der Waals surface area contributed by atoms with E-state index in [2.05, 4.69) is 9.47 Å². The van der Waals surface area contributed by atoms with Crippen LogP contribution in [-0.4, -0.2) is 34.6 Å². The summed E-state index contributed by atoms with van der Waals surface area (Å²) in [5.74, 6) is -3.51. The number of alkyl halides is 3. The second-order valence-electron chi connectivity index (χ2n) is 5.53. The zero-order valence-electron chi connectivity index (χ0n) is 14.8. The highest BCUT2D eigenvalue weighted by Gasteiger charge is 2.34. The molecule has 7 nitrogen and oxygen atoms in total. The molecule has 2 rings (SSSR count). The van der Waals surface area contributed by atoms with Crippen molar-refractivity contribution >= 4 is 27.6 Å². The molecule has 2 aromatic rings. The van der Waals surface area contributed by atoms with Crippen LogP contribution in [0.4, 0.5) is 23.2 Å². The van der Waals surface area contributed by atoms with Gasteiger partial charge in [0.25, 0.3) is 10.0 Å². The number of carbonyl (C=O) groups is 2. The summed E-state index contributed by atoms with van der Waals surface area (Å²) < 4.78 is 87.8. The summed E-state index contributed by atoms with van der Waals surface area (Å²) in [6, 6.07) is 4.25. The van der Waals surface area contributed by atoms with E-state index in [1.807, 2.05) is 4.72 Å². The number of halogens is 4. The summed E-state index contributed by atoms with van der Waals surface area (Å²) in [6.45, 7) is 0. The number of hydrogen-bond acceptors (Lipinski definition) is 6. The zero-order chi connectivity index (χ0) is 22.0. The third-order valence-electron chi connectivity index (χ3n) is 3.58. The molecule has 0 radical (unpaired) electrons. The molecule has 0 amide bonds. The lowest BCUT2D eigenvalue weighted by atomic mass is 10.1. The van der Waals surface area contributed by atoms with Crippen LogP contribution in [0.1, 0.15) is 26.3 Å². The molecule has 0 aliphatic rings. The Labute approximate surface area is 162 Å². The van der Waals surface area contributed by atoms with Crippen molar-refractivity contribution in [2.75, 3.05) is 18.9 Å². The summed E-state index contributed by atoms with van der Waals surface area (Å²) in [5, 5.41) is 0. The summed E-state index contributed by atoms with van der Waals surface area (Å²) in [6.07, 6.45) is -5.05. The molecule has 0 spiro atoms. The fraction of sp³-hybridized carbons (Fsp3) is 0.176. The number of benzene rings is 2. The fourth-order valence-corrected chi connectivity index (χ4v) is 3.37. The van der Waals surface area contributed by atoms with Gasteiger partial charge in [0.05, 0.1) is 35.8 Å². The van der Waals surface area contributed by atoms with Gasteiger partial charge in [-0.25, -0.2) is 22.4 Å². The molecule has 2 aromatic carbocycles. The summed E-state index contributed by atoms with van der Waals surface area (Å²) in [4.78, 5) is 22.9. The minimum Gasteiger partial charge on any atom is -0.465 e. The van der Waals surface area contributed by atoms with E-state index in [-0.39, 0.29) is 17.2 Å². The standard InChI is InChI=1S/C17H13F4NO6S/c1-27-15(23)9-5-10(16(24)28-2)7-12(6-9)29(25,26)22-11-3-4-14(18)13(8-11)17(19,20)21/h3-8,22H,1-2H3. The van der Waals surface area contributed by atoms with Gasteiger partial charge in [0.15, 0.2) is 0 Å². The lowest BCUT2D eigenvalue weighted by Crippen LogP contribution is -2.17. The van der Waals surface area contributed by atoms with E-state index < -0.39 is 50.1 Å². The highest BCUT2D eigenvalue weighted by Crippen LogP contribution is 2.33. The van der Waals surface area contributed by atoms with Gasteiger partial charge in [0, 0.05) is 5.69 Å². The second-order valence-corrected chi connectivity index (χ2v) is 7.21. The van der Waals surface area contributed by atoms with Crippen molar-refractivity contribution in [2.24, 2.45) is 0 Å². The van der Waals surface area contributed by atoms with Crippen molar-refractivity contribution in [3.05, 3.63) is 58.9 Å². The lowest BCUT2D eigenvalue weighted by molar-refractivity contribution is -0.139. The van der Waals surface area contributed by atoms with Gasteiger partial charge in [-0.05, 0) is 36.4 Å². The van der Waals surface area contributed by atoms with Crippen molar-refractivity contribution in [3.63, 3.8) is 0 Å². The lowest BCUT2D eigenvalue weighted by Gasteiger charge is -2.13. The number of esters is 2. The molecule has 0 fully saturated rings. The number of carbonyl (C=O) groups excluding carboxylic acids is 2. The smallest absolute Gasteiger partial charge is 0.419 e. The molecule has 0 saturated carbocycles. The molecule has 0 aliphatic carbocycles. The fourth-order valence-electron chi connectivity index (χ4n) is 2.25. The molecule has 0 unspecified atom stereocenters. The van der Waals surface area contributed by atoms with Gasteiger partial charge in [-0.3, -0.25) is 4.72 Å². The van der Waals surface area contributed by atoms with Gasteiger partial charge >= 0.3 is 18.1 Å². The molecule has 0 bridgehead atoms. The molecule has 156 valence electrons. The van der Waals surface area contributed by atoms with Crippen LogP contribution in [0.15, 0.2) is 41.3 Å². The van der Waals surface area contributed by atoms with Gasteiger partial charge in [-0.1, -0.05) is 0 Å². The van der Waals surface area contributed by atoms with Gasteiger partial charge in [-0.15, -0.1) is 0 Å². The average molecular weight is 435 g/mol. The number of rotatable bonds is 5. The summed E-state index contributed by atoms with van der Waals surface area (Å²) in [5.41, 5.74) is -2.88. The van der Waals surface area contributed by atoms with Gasteiger partial charge in [-0.2, -0.15) is 13.2 Å². The molecule has 0 saturated heterocycles. The molecule has 1 N–H and O–H groups in total. The Morgan fingerprint density at radius 2 is 1.45 bits per heavy atom. The number of anilines is 1. The predicted octanol–water partition coefficient (Wildman–Crippen LogP) is 3.22. The van der Waals surface area contributed by atoms with E-state index in [0.717, 1.165) is 38.5 Å². The van der Waals surface area contributed by atoms with Gasteiger partial charge in [0.2, 0.25) is 0 Å². The highest BCUT2D eigenvalue weighted by atomic mass is 32.2. The molecule has 29 heavy (non-hydrogen) atoms. The Bertz CT molecular complexity index is 1030. The van der Waals surface area contributed by atoms with Crippen molar-refractivity contribution in [3.8, 4) is 0 Å².